The number of hydrogen-bond acceptors (Lipinski definition) is 2. The number of aryl methyl sites for hydroxylation is 1. The Morgan fingerprint density at radius 2 is 1.72 bits per heavy atom. The van der Waals surface area contributed by atoms with Crippen molar-refractivity contribution in [2.75, 3.05) is 5.73 Å². The number of benzene rings is 2. The Kier molecular flexibility index (Phi) is 3.39. The summed E-state index contributed by atoms with van der Waals surface area (Å²) in [6, 6.07) is 6.73. The van der Waals surface area contributed by atoms with Crippen LogP contribution in [0.4, 0.5) is 14.5 Å². The third kappa shape index (κ3) is 2.54. The van der Waals surface area contributed by atoms with E-state index in [1.54, 1.807) is 19.1 Å². The molecule has 0 radical (unpaired) electrons. The van der Waals surface area contributed by atoms with E-state index in [1.165, 1.54) is 6.07 Å². The molecular weight excluding hydrogens is 260 g/mol. The average molecular weight is 270 g/mol. The lowest BCUT2D eigenvalue weighted by Crippen LogP contribution is -1.96. The minimum absolute atomic E-state index is 0.00429. The van der Waals surface area contributed by atoms with Gasteiger partial charge in [-0.3, -0.25) is 0 Å². The summed E-state index contributed by atoms with van der Waals surface area (Å²) in [5, 5.41) is 0.556. The van der Waals surface area contributed by atoms with Crippen molar-refractivity contribution in [1.29, 1.82) is 0 Å². The van der Waals surface area contributed by atoms with Gasteiger partial charge in [-0.15, -0.1) is 0 Å². The second kappa shape index (κ2) is 4.82. The molecule has 2 nitrogen and oxygen atoms in total. The van der Waals surface area contributed by atoms with Crippen LogP contribution in [0.3, 0.4) is 0 Å². The van der Waals surface area contributed by atoms with Gasteiger partial charge in [0, 0.05) is 22.8 Å². The Morgan fingerprint density at radius 3 is 2.28 bits per heavy atom. The van der Waals surface area contributed by atoms with Crippen LogP contribution in [0.2, 0.25) is 5.02 Å². The molecule has 2 aromatic rings. The maximum Gasteiger partial charge on any atom is 0.198 e. The van der Waals surface area contributed by atoms with Crippen molar-refractivity contribution >= 4 is 17.3 Å². The number of anilines is 1. The molecule has 94 valence electrons. The van der Waals surface area contributed by atoms with E-state index in [0.29, 0.717) is 10.8 Å². The number of halogens is 3. The molecule has 0 heterocycles. The van der Waals surface area contributed by atoms with Crippen molar-refractivity contribution in [1.82, 2.24) is 0 Å². The van der Waals surface area contributed by atoms with Crippen molar-refractivity contribution < 1.29 is 13.5 Å². The molecule has 0 saturated carbocycles. The molecule has 0 saturated heterocycles. The minimum atomic E-state index is -0.847. The van der Waals surface area contributed by atoms with Crippen molar-refractivity contribution in [3.63, 3.8) is 0 Å². The first-order valence-corrected chi connectivity index (χ1v) is 5.53. The van der Waals surface area contributed by atoms with Crippen LogP contribution in [0.25, 0.3) is 0 Å². The smallest absolute Gasteiger partial charge is 0.198 e. The molecule has 0 bridgehead atoms. The summed E-state index contributed by atoms with van der Waals surface area (Å²) in [5.41, 5.74) is 6.07. The highest BCUT2D eigenvalue weighted by Crippen LogP contribution is 2.31. The van der Waals surface area contributed by atoms with Crippen molar-refractivity contribution in [2.45, 2.75) is 6.92 Å². The highest BCUT2D eigenvalue weighted by molar-refractivity contribution is 6.31. The van der Waals surface area contributed by atoms with E-state index in [1.807, 2.05) is 0 Å². The Bertz CT molecular complexity index is 579. The van der Waals surface area contributed by atoms with Gasteiger partial charge in [0.25, 0.3) is 0 Å². The number of nitrogen functional groups attached to an aromatic ring is 1. The van der Waals surface area contributed by atoms with Gasteiger partial charge in [-0.05, 0) is 30.7 Å². The topological polar surface area (TPSA) is 35.2 Å². The van der Waals surface area contributed by atoms with Crippen LogP contribution in [-0.2, 0) is 0 Å². The van der Waals surface area contributed by atoms with Gasteiger partial charge in [0.2, 0.25) is 0 Å². The average Bonchev–Trinajstić information content (AvgIpc) is 2.28. The normalized spacial score (nSPS) is 10.4. The fraction of sp³-hybridized carbons (Fsp3) is 0.0769. The molecular formula is C13H10ClF2NO. The number of hydrogen-bond donors (Lipinski definition) is 1. The lowest BCUT2D eigenvalue weighted by Gasteiger charge is -2.09. The van der Waals surface area contributed by atoms with E-state index in [4.69, 9.17) is 22.1 Å². The Morgan fingerprint density at radius 1 is 1.11 bits per heavy atom. The van der Waals surface area contributed by atoms with Crippen LogP contribution in [0.1, 0.15) is 5.56 Å². The van der Waals surface area contributed by atoms with Gasteiger partial charge in [-0.2, -0.15) is 0 Å². The van der Waals surface area contributed by atoms with Crippen molar-refractivity contribution in [3.8, 4) is 11.5 Å². The highest BCUT2D eigenvalue weighted by atomic mass is 35.5. The molecule has 0 aromatic heterocycles. The third-order valence-electron chi connectivity index (χ3n) is 2.37. The quantitative estimate of drug-likeness (QED) is 0.825. The second-order valence-corrected chi connectivity index (χ2v) is 4.23. The Hall–Kier alpha value is -1.81. The first kappa shape index (κ1) is 12.6. The van der Waals surface area contributed by atoms with Gasteiger partial charge in [-0.1, -0.05) is 11.6 Å². The van der Waals surface area contributed by atoms with Crippen molar-refractivity contribution in [3.05, 3.63) is 52.6 Å². The van der Waals surface area contributed by atoms with Gasteiger partial charge in [0.15, 0.2) is 17.4 Å². The molecule has 0 aliphatic rings. The summed E-state index contributed by atoms with van der Waals surface area (Å²) >= 11 is 5.85. The Balaban J connectivity index is 2.37. The molecule has 5 heteroatoms. The number of nitrogens with two attached hydrogens (primary N) is 1. The molecule has 2 aromatic carbocycles. The maximum atomic E-state index is 13.5. The fourth-order valence-corrected chi connectivity index (χ4v) is 1.59. The number of rotatable bonds is 2. The Labute approximate surface area is 108 Å². The summed E-state index contributed by atoms with van der Waals surface area (Å²) in [6.07, 6.45) is 0. The van der Waals surface area contributed by atoms with Gasteiger partial charge in [0.1, 0.15) is 5.75 Å². The van der Waals surface area contributed by atoms with Crippen LogP contribution in [0, 0.1) is 18.6 Å². The largest absolute Gasteiger partial charge is 0.451 e. The zero-order valence-electron chi connectivity index (χ0n) is 9.51. The van der Waals surface area contributed by atoms with Gasteiger partial charge in [-0.25, -0.2) is 8.78 Å². The van der Waals surface area contributed by atoms with E-state index >= 15 is 0 Å². The zero-order valence-corrected chi connectivity index (χ0v) is 10.3. The lowest BCUT2D eigenvalue weighted by molar-refractivity contribution is 0.407. The predicted octanol–water partition coefficient (Wildman–Crippen LogP) is 4.30. The van der Waals surface area contributed by atoms with Gasteiger partial charge in [0.05, 0.1) is 0 Å². The van der Waals surface area contributed by atoms with Crippen LogP contribution < -0.4 is 10.5 Å². The molecule has 0 aliphatic carbocycles. The molecule has 2 rings (SSSR count). The van der Waals surface area contributed by atoms with Crippen LogP contribution in [-0.4, -0.2) is 0 Å². The van der Waals surface area contributed by atoms with Gasteiger partial charge >= 0.3 is 0 Å². The third-order valence-corrected chi connectivity index (χ3v) is 2.79. The summed E-state index contributed by atoms with van der Waals surface area (Å²) in [5.74, 6) is -1.87. The SMILES string of the molecule is Cc1cc(Oc2c(F)cc(N)cc2F)ccc1Cl. The molecule has 18 heavy (non-hydrogen) atoms. The van der Waals surface area contributed by atoms with E-state index in [-0.39, 0.29) is 5.69 Å². The molecule has 0 atom stereocenters. The minimum Gasteiger partial charge on any atom is -0.451 e. The first-order chi connectivity index (χ1) is 8.47. The molecule has 0 aliphatic heterocycles. The molecule has 0 spiro atoms. The molecule has 2 N–H and O–H groups in total. The van der Waals surface area contributed by atoms with Crippen molar-refractivity contribution in [2.24, 2.45) is 0 Å². The van der Waals surface area contributed by atoms with Crippen LogP contribution in [0.15, 0.2) is 30.3 Å². The fourth-order valence-electron chi connectivity index (χ4n) is 1.48. The van der Waals surface area contributed by atoms with Crippen LogP contribution >= 0.6 is 11.6 Å². The maximum absolute atomic E-state index is 13.5. The summed E-state index contributed by atoms with van der Waals surface area (Å²) in [6.45, 7) is 1.77. The summed E-state index contributed by atoms with van der Waals surface area (Å²) < 4.78 is 32.2. The zero-order chi connectivity index (χ0) is 13.3. The summed E-state index contributed by atoms with van der Waals surface area (Å²) in [4.78, 5) is 0. The van der Waals surface area contributed by atoms with E-state index in [9.17, 15) is 8.78 Å². The molecule has 0 unspecified atom stereocenters. The first-order valence-electron chi connectivity index (χ1n) is 5.16. The van der Waals surface area contributed by atoms with E-state index in [2.05, 4.69) is 0 Å². The monoisotopic (exact) mass is 269 g/mol. The lowest BCUT2D eigenvalue weighted by atomic mass is 10.2. The summed E-state index contributed by atoms with van der Waals surface area (Å²) in [7, 11) is 0. The predicted molar refractivity (Wildman–Crippen MR) is 67.0 cm³/mol. The standard InChI is InChI=1S/C13H10ClF2NO/c1-7-4-9(2-3-10(7)14)18-13-11(15)5-8(17)6-12(13)16/h2-6H,17H2,1H3. The van der Waals surface area contributed by atoms with Crippen LogP contribution in [0.5, 0.6) is 11.5 Å². The second-order valence-electron chi connectivity index (χ2n) is 3.83. The molecule has 0 amide bonds. The van der Waals surface area contributed by atoms with E-state index < -0.39 is 17.4 Å². The molecule has 0 fully saturated rings. The number of ether oxygens (including phenoxy) is 1. The van der Waals surface area contributed by atoms with Gasteiger partial charge < -0.3 is 10.5 Å². The highest BCUT2D eigenvalue weighted by Gasteiger charge is 2.13. The van der Waals surface area contributed by atoms with E-state index in [0.717, 1.165) is 17.7 Å².